The Labute approximate surface area is 491 Å². The third kappa shape index (κ3) is 10.0. The molecule has 12 aromatic rings. The average molecular weight is 1090 g/mol. The van der Waals surface area contributed by atoms with Gasteiger partial charge in [-0.2, -0.15) is 0 Å². The van der Waals surface area contributed by atoms with Crippen LogP contribution in [0.5, 0.6) is 5.75 Å². The van der Waals surface area contributed by atoms with Crippen molar-refractivity contribution in [2.75, 3.05) is 0 Å². The van der Waals surface area contributed by atoms with Crippen molar-refractivity contribution in [1.29, 1.82) is 0 Å². The number of aromatic nitrogens is 4. The highest BCUT2D eigenvalue weighted by Crippen LogP contribution is 2.46. The summed E-state index contributed by atoms with van der Waals surface area (Å²) < 4.78 is 4.69. The van der Waals surface area contributed by atoms with E-state index in [1.807, 2.05) is 12.3 Å². The van der Waals surface area contributed by atoms with E-state index in [-0.39, 0.29) is 32.8 Å². The summed E-state index contributed by atoms with van der Waals surface area (Å²) >= 11 is 0. The van der Waals surface area contributed by atoms with Crippen LogP contribution >= 0.6 is 0 Å². The molecule has 3 heterocycles. The van der Waals surface area contributed by atoms with Gasteiger partial charge in [0.1, 0.15) is 11.6 Å². The molecule has 1 N–H and O–H groups in total. The fourth-order valence-corrected chi connectivity index (χ4v) is 12.2. The normalized spacial score (nSPS) is 12.8. The van der Waals surface area contributed by atoms with Gasteiger partial charge in [0.15, 0.2) is 0 Å². The number of pyridine rings is 1. The molecule has 0 amide bonds. The molecule has 83 heavy (non-hydrogen) atoms. The molecule has 0 spiro atoms. The molecule has 0 saturated carbocycles. The molecule has 5 nitrogen and oxygen atoms in total. The molecule has 0 aliphatic carbocycles. The van der Waals surface area contributed by atoms with Gasteiger partial charge in [0.05, 0.1) is 33.3 Å². The quantitative estimate of drug-likeness (QED) is 0.173. The fourth-order valence-electron chi connectivity index (χ4n) is 12.2. The maximum absolute atomic E-state index is 12.8. The molecule has 0 unspecified atom stereocenters. The Morgan fingerprint density at radius 3 is 1.69 bits per heavy atom. The van der Waals surface area contributed by atoms with Gasteiger partial charge >= 0.3 is 0 Å². The third-order valence-electron chi connectivity index (χ3n) is 17.0. The Bertz CT molecular complexity index is 4480. The second-order valence-corrected chi connectivity index (χ2v) is 28.2. The first kappa shape index (κ1) is 55.0. The number of hydrogen-bond acceptors (Lipinski definition) is 3. The van der Waals surface area contributed by atoms with Crippen LogP contribution in [0, 0.1) is 0 Å². The van der Waals surface area contributed by atoms with Gasteiger partial charge in [0.2, 0.25) is 0 Å². The summed E-state index contributed by atoms with van der Waals surface area (Å²) in [4.78, 5) is 10.9. The number of benzene rings is 9. The molecular formula is C78H78N4O. The maximum atomic E-state index is 12.8. The van der Waals surface area contributed by atoms with Gasteiger partial charge in [-0.05, 0) is 161 Å². The lowest BCUT2D eigenvalue weighted by molar-refractivity contribution is 0.477. The molecule has 0 aliphatic heterocycles. The smallest absolute Gasteiger partial charge is 0.149 e. The minimum Gasteiger partial charge on any atom is -0.507 e. The van der Waals surface area contributed by atoms with Crippen LogP contribution in [-0.2, 0) is 27.1 Å². The number of rotatable bonds is 7. The molecule has 5 heteroatoms. The minimum absolute atomic E-state index is 0.00702. The van der Waals surface area contributed by atoms with Crippen LogP contribution in [0.1, 0.15) is 132 Å². The van der Waals surface area contributed by atoms with Crippen molar-refractivity contribution in [2.45, 2.75) is 131 Å². The molecular weight excluding hydrogens is 1010 g/mol. The molecule has 0 bridgehead atoms. The van der Waals surface area contributed by atoms with E-state index in [2.05, 4.69) is 295 Å². The molecule has 0 aliphatic rings. The van der Waals surface area contributed by atoms with Crippen molar-refractivity contribution >= 4 is 43.6 Å². The lowest BCUT2D eigenvalue weighted by atomic mass is 9.78. The predicted octanol–water partition coefficient (Wildman–Crippen LogP) is 21.2. The summed E-state index contributed by atoms with van der Waals surface area (Å²) in [6, 6.07) is 68.7. The zero-order valence-electron chi connectivity index (χ0n) is 51.2. The largest absolute Gasteiger partial charge is 0.507 e. The molecule has 3 aromatic heterocycles. The van der Waals surface area contributed by atoms with Gasteiger partial charge in [-0.3, -0.25) is 9.55 Å². The summed E-state index contributed by atoms with van der Waals surface area (Å²) in [6.45, 7) is 34.2. The summed E-state index contributed by atoms with van der Waals surface area (Å²) in [6.07, 6.45) is 1.96. The molecule has 12 rings (SSSR count). The first-order valence-corrected chi connectivity index (χ1v) is 29.5. The topological polar surface area (TPSA) is 55.9 Å². The second-order valence-electron chi connectivity index (χ2n) is 28.2. The number of phenolic OH excluding ortho intramolecular Hbond substituents is 1. The zero-order valence-corrected chi connectivity index (χ0v) is 51.2. The minimum atomic E-state index is -0.195. The summed E-state index contributed by atoms with van der Waals surface area (Å²) in [5, 5.41) is 17.6. The molecule has 0 atom stereocenters. The number of aromatic hydroxyl groups is 1. The first-order valence-electron chi connectivity index (χ1n) is 29.5. The van der Waals surface area contributed by atoms with Crippen LogP contribution in [0.15, 0.2) is 194 Å². The molecule has 416 valence electrons. The van der Waals surface area contributed by atoms with Gasteiger partial charge in [-0.25, -0.2) is 4.98 Å². The van der Waals surface area contributed by atoms with E-state index < -0.39 is 0 Å². The summed E-state index contributed by atoms with van der Waals surface area (Å²) in [5.74, 6) is 0.851. The van der Waals surface area contributed by atoms with E-state index in [9.17, 15) is 5.11 Å². The van der Waals surface area contributed by atoms with Crippen LogP contribution in [0.25, 0.3) is 111 Å². The van der Waals surface area contributed by atoms with Gasteiger partial charge in [-0.1, -0.05) is 219 Å². The Hall–Kier alpha value is -8.54. The van der Waals surface area contributed by atoms with Gasteiger partial charge < -0.3 is 9.67 Å². The van der Waals surface area contributed by atoms with E-state index in [0.29, 0.717) is 11.4 Å². The van der Waals surface area contributed by atoms with Crippen LogP contribution < -0.4 is 0 Å². The zero-order chi connectivity index (χ0) is 58.7. The van der Waals surface area contributed by atoms with Crippen LogP contribution in [0.3, 0.4) is 0 Å². The average Bonchev–Trinajstić information content (AvgIpc) is 2.04. The van der Waals surface area contributed by atoms with E-state index in [1.165, 1.54) is 60.4 Å². The van der Waals surface area contributed by atoms with Crippen LogP contribution in [-0.4, -0.2) is 24.2 Å². The fraction of sp³-hybridized carbons (Fsp3) is 0.256. The van der Waals surface area contributed by atoms with Gasteiger partial charge in [-0.15, -0.1) is 0 Å². The lowest BCUT2D eigenvalue weighted by Gasteiger charge is -2.27. The van der Waals surface area contributed by atoms with Gasteiger partial charge in [0, 0.05) is 45.0 Å². The Balaban J connectivity index is 1.07. The Kier molecular flexibility index (Phi) is 13.1. The highest BCUT2D eigenvalue weighted by molar-refractivity contribution is 6.14. The van der Waals surface area contributed by atoms with Crippen molar-refractivity contribution in [3.05, 3.63) is 222 Å². The predicted molar refractivity (Wildman–Crippen MR) is 353 cm³/mol. The first-order chi connectivity index (χ1) is 39.2. The van der Waals surface area contributed by atoms with E-state index in [0.717, 1.165) is 67.0 Å². The summed E-state index contributed by atoms with van der Waals surface area (Å²) in [7, 11) is 0. The molecule has 9 aromatic carbocycles. The molecule has 0 saturated heterocycles. The standard InChI is InChI=1S/C78H78N4O/c1-74(2,3)53-33-35-59-48(40-53)32-36-65(78(13,14)15)70(59)50-31-34-64(69(83)44-50)73-80-71-60(26-22-30-68(71)82(73)58-46-55(76(7,8)9)45-56(47-58)77(10,11)12)51-39-52(42-54(41-51)75(4,5)6)66-43-49(37-38-79-66)61-27-21-28-63-62-25-19-20-29-67(62)81(72(61)63)57-23-17-16-18-24-57/h16-47,83H,1-15H3. The van der Waals surface area contributed by atoms with Gasteiger partial charge in [0.25, 0.3) is 0 Å². The monoisotopic (exact) mass is 1090 g/mol. The number of phenols is 1. The number of imidazole rings is 1. The van der Waals surface area contributed by atoms with E-state index in [4.69, 9.17) is 9.97 Å². The second kappa shape index (κ2) is 19.8. The number of hydrogen-bond donors (Lipinski definition) is 1. The lowest BCUT2D eigenvalue weighted by Crippen LogP contribution is -2.17. The SMILES string of the molecule is CC(C)(C)c1cc(-c2cc(-c3cccc4c5ccccc5n(-c5ccccc5)c34)ccn2)cc(-c2cccc3c2nc(-c2ccc(-c4c(C(C)(C)C)ccc5cc(C(C)(C)C)ccc45)cc2O)n3-c2cc(C(C)(C)C)cc(C(C)(C)C)c2)c1. The van der Waals surface area contributed by atoms with Crippen molar-refractivity contribution in [3.63, 3.8) is 0 Å². The van der Waals surface area contributed by atoms with Crippen LogP contribution in [0.4, 0.5) is 0 Å². The number of para-hydroxylation sites is 4. The van der Waals surface area contributed by atoms with Crippen molar-refractivity contribution < 1.29 is 5.11 Å². The molecule has 0 fully saturated rings. The Morgan fingerprint density at radius 1 is 0.373 bits per heavy atom. The maximum Gasteiger partial charge on any atom is 0.149 e. The highest BCUT2D eigenvalue weighted by atomic mass is 16.3. The van der Waals surface area contributed by atoms with Crippen molar-refractivity contribution in [1.82, 2.24) is 19.1 Å². The van der Waals surface area contributed by atoms with Crippen LogP contribution in [0.2, 0.25) is 0 Å². The number of fused-ring (bicyclic) bond motifs is 5. The van der Waals surface area contributed by atoms with E-state index >= 15 is 0 Å². The number of nitrogens with zero attached hydrogens (tertiary/aromatic N) is 4. The third-order valence-corrected chi connectivity index (χ3v) is 17.0. The van der Waals surface area contributed by atoms with Crippen molar-refractivity contribution in [3.8, 4) is 73.2 Å². The summed E-state index contributed by atoms with van der Waals surface area (Å²) in [5.41, 5.74) is 20.8. The Morgan fingerprint density at radius 2 is 1.00 bits per heavy atom. The molecule has 0 radical (unpaired) electrons. The van der Waals surface area contributed by atoms with E-state index in [1.54, 1.807) is 0 Å². The van der Waals surface area contributed by atoms with Crippen molar-refractivity contribution in [2.24, 2.45) is 0 Å². The highest BCUT2D eigenvalue weighted by Gasteiger charge is 2.28.